The molecule has 1 aliphatic rings. The number of hydrogen-bond donors (Lipinski definition) is 4. The summed E-state index contributed by atoms with van der Waals surface area (Å²) in [6, 6.07) is 14.5. The van der Waals surface area contributed by atoms with Crippen molar-refractivity contribution in [2.45, 2.75) is 19.0 Å². The average molecular weight is 447 g/mol. The van der Waals surface area contributed by atoms with Gasteiger partial charge in [-0.15, -0.1) is 0 Å². The van der Waals surface area contributed by atoms with E-state index in [1.54, 1.807) is 25.3 Å². The van der Waals surface area contributed by atoms with Gasteiger partial charge >= 0.3 is 0 Å². The summed E-state index contributed by atoms with van der Waals surface area (Å²) in [6.45, 7) is 1.96. The summed E-state index contributed by atoms with van der Waals surface area (Å²) in [7, 11) is 1.61. The molecule has 0 saturated carbocycles. The minimum Gasteiger partial charge on any atom is -0.497 e. The lowest BCUT2D eigenvalue weighted by Gasteiger charge is -2.12. The maximum atomic E-state index is 12.7. The van der Waals surface area contributed by atoms with Gasteiger partial charge in [0.15, 0.2) is 11.5 Å². The zero-order chi connectivity index (χ0) is 23.2. The van der Waals surface area contributed by atoms with Crippen LogP contribution in [0.25, 0.3) is 11.3 Å². The number of hydrogen-bond acceptors (Lipinski definition) is 7. The lowest BCUT2D eigenvalue weighted by atomic mass is 10.1. The summed E-state index contributed by atoms with van der Waals surface area (Å²) >= 11 is 0. The van der Waals surface area contributed by atoms with Crippen LogP contribution in [0, 0.1) is 0 Å². The maximum Gasteiger partial charge on any atom is 0.274 e. The molecule has 2 amide bonds. The smallest absolute Gasteiger partial charge is 0.274 e. The molecule has 3 aromatic rings. The molecule has 9 heteroatoms. The lowest BCUT2D eigenvalue weighted by Crippen LogP contribution is -2.37. The standard InChI is InChI=1S/C24H26N6O3/c1-33-19-7-5-15(6-8-19)12-28-23(31)17-4-2-3-16(11-17)20-14-27-22(25)21(30-20)24(32)29-18-9-10-26-13-18/h2-8,11,14,18,26H,9-10,12-13H2,1H3,(H2,25,27)(H,28,31)(H,29,32)/t18-/m0/s1. The van der Waals surface area contributed by atoms with Crippen LogP contribution in [0.3, 0.4) is 0 Å². The molecule has 0 unspecified atom stereocenters. The first-order valence-corrected chi connectivity index (χ1v) is 10.7. The number of nitrogens with zero attached hydrogens (tertiary/aromatic N) is 2. The van der Waals surface area contributed by atoms with Gasteiger partial charge in [-0.25, -0.2) is 9.97 Å². The van der Waals surface area contributed by atoms with Gasteiger partial charge in [-0.1, -0.05) is 24.3 Å². The molecule has 0 bridgehead atoms. The van der Waals surface area contributed by atoms with Crippen molar-refractivity contribution in [3.8, 4) is 17.0 Å². The lowest BCUT2D eigenvalue weighted by molar-refractivity contribution is 0.0932. The Morgan fingerprint density at radius 1 is 1.18 bits per heavy atom. The Labute approximate surface area is 191 Å². The maximum absolute atomic E-state index is 12.7. The molecule has 5 N–H and O–H groups in total. The number of carbonyl (C=O) groups is 2. The highest BCUT2D eigenvalue weighted by Gasteiger charge is 2.21. The first-order chi connectivity index (χ1) is 16.0. The average Bonchev–Trinajstić information content (AvgIpc) is 3.36. The van der Waals surface area contributed by atoms with Crippen LogP contribution in [0.4, 0.5) is 5.82 Å². The van der Waals surface area contributed by atoms with E-state index in [2.05, 4.69) is 25.9 Å². The third-order valence-corrected chi connectivity index (χ3v) is 5.44. The third-order valence-electron chi connectivity index (χ3n) is 5.44. The summed E-state index contributed by atoms with van der Waals surface area (Å²) < 4.78 is 5.15. The van der Waals surface area contributed by atoms with Crippen molar-refractivity contribution in [3.63, 3.8) is 0 Å². The van der Waals surface area contributed by atoms with Gasteiger partial charge in [0.05, 0.1) is 19.0 Å². The van der Waals surface area contributed by atoms with Crippen molar-refractivity contribution in [3.05, 3.63) is 71.5 Å². The zero-order valence-corrected chi connectivity index (χ0v) is 18.3. The van der Waals surface area contributed by atoms with E-state index >= 15 is 0 Å². The highest BCUT2D eigenvalue weighted by Crippen LogP contribution is 2.20. The Morgan fingerprint density at radius 2 is 2.00 bits per heavy atom. The number of aromatic nitrogens is 2. The van der Waals surface area contributed by atoms with Crippen LogP contribution in [-0.4, -0.2) is 48.0 Å². The fourth-order valence-electron chi connectivity index (χ4n) is 3.58. The van der Waals surface area contributed by atoms with E-state index in [1.807, 2.05) is 30.3 Å². The minimum atomic E-state index is -0.357. The molecule has 1 atom stereocenters. The predicted octanol–water partition coefficient (Wildman–Crippen LogP) is 1.76. The highest BCUT2D eigenvalue weighted by molar-refractivity contribution is 5.97. The number of amides is 2. The number of nitrogens with one attached hydrogen (secondary N) is 3. The van der Waals surface area contributed by atoms with Crippen molar-refractivity contribution in [1.29, 1.82) is 0 Å². The Morgan fingerprint density at radius 3 is 2.73 bits per heavy atom. The fraction of sp³-hybridized carbons (Fsp3) is 0.250. The topological polar surface area (TPSA) is 131 Å². The minimum absolute atomic E-state index is 0.0417. The van der Waals surface area contributed by atoms with Gasteiger partial charge in [0.1, 0.15) is 5.75 Å². The Balaban J connectivity index is 1.47. The van der Waals surface area contributed by atoms with Crippen molar-refractivity contribution < 1.29 is 14.3 Å². The highest BCUT2D eigenvalue weighted by atomic mass is 16.5. The molecule has 1 aromatic heterocycles. The predicted molar refractivity (Wildman–Crippen MR) is 125 cm³/mol. The summed E-state index contributed by atoms with van der Waals surface area (Å²) in [5.74, 6) is 0.248. The largest absolute Gasteiger partial charge is 0.497 e. The summed E-state index contributed by atoms with van der Waals surface area (Å²) in [6.07, 6.45) is 2.35. The van der Waals surface area contributed by atoms with E-state index in [9.17, 15) is 9.59 Å². The Kier molecular flexibility index (Phi) is 6.80. The van der Waals surface area contributed by atoms with Crippen molar-refractivity contribution >= 4 is 17.6 Å². The Hall–Kier alpha value is -3.98. The molecule has 0 aliphatic carbocycles. The molecule has 170 valence electrons. The molecular formula is C24H26N6O3. The Bertz CT molecular complexity index is 1140. The number of nitrogens with two attached hydrogens (primary N) is 1. The summed E-state index contributed by atoms with van der Waals surface area (Å²) in [5, 5.41) is 9.03. The SMILES string of the molecule is COc1ccc(CNC(=O)c2cccc(-c3cnc(N)c(C(=O)N[C@H]4CCNC4)n3)c2)cc1. The van der Waals surface area contributed by atoms with E-state index in [-0.39, 0.29) is 29.4 Å². The van der Waals surface area contributed by atoms with Crippen LogP contribution in [0.5, 0.6) is 5.75 Å². The number of carbonyl (C=O) groups excluding carboxylic acids is 2. The number of ether oxygens (including phenoxy) is 1. The molecule has 0 radical (unpaired) electrons. The van der Waals surface area contributed by atoms with Gasteiger partial charge in [0.2, 0.25) is 0 Å². The van der Waals surface area contributed by atoms with Crippen LogP contribution in [0.2, 0.25) is 0 Å². The van der Waals surface area contributed by atoms with Crippen LogP contribution < -0.4 is 26.4 Å². The third kappa shape index (κ3) is 5.45. The second kappa shape index (κ2) is 10.1. The molecule has 2 heterocycles. The van der Waals surface area contributed by atoms with Gasteiger partial charge in [0, 0.05) is 30.3 Å². The van der Waals surface area contributed by atoms with E-state index < -0.39 is 0 Å². The van der Waals surface area contributed by atoms with Gasteiger partial charge in [0.25, 0.3) is 11.8 Å². The first-order valence-electron chi connectivity index (χ1n) is 10.7. The number of nitrogen functional groups attached to an aromatic ring is 1. The van der Waals surface area contributed by atoms with Crippen LogP contribution in [0.15, 0.2) is 54.7 Å². The number of rotatable bonds is 7. The zero-order valence-electron chi connectivity index (χ0n) is 18.3. The van der Waals surface area contributed by atoms with E-state index in [4.69, 9.17) is 10.5 Å². The number of anilines is 1. The van der Waals surface area contributed by atoms with Gasteiger partial charge in [-0.05, 0) is 42.8 Å². The second-order valence-corrected chi connectivity index (χ2v) is 7.76. The van der Waals surface area contributed by atoms with Gasteiger partial charge in [-0.3, -0.25) is 9.59 Å². The molecule has 9 nitrogen and oxygen atoms in total. The molecule has 4 rings (SSSR count). The van der Waals surface area contributed by atoms with E-state index in [0.717, 1.165) is 24.3 Å². The molecule has 0 spiro atoms. The van der Waals surface area contributed by atoms with Crippen molar-refractivity contribution in [1.82, 2.24) is 25.9 Å². The monoisotopic (exact) mass is 446 g/mol. The normalized spacial score (nSPS) is 15.1. The molecule has 33 heavy (non-hydrogen) atoms. The van der Waals surface area contributed by atoms with Crippen LogP contribution in [0.1, 0.15) is 32.8 Å². The molecule has 1 aliphatic heterocycles. The quantitative estimate of drug-likeness (QED) is 0.435. The second-order valence-electron chi connectivity index (χ2n) is 7.76. The number of benzene rings is 2. The van der Waals surface area contributed by atoms with Crippen molar-refractivity contribution in [2.75, 3.05) is 25.9 Å². The first kappa shape index (κ1) is 22.2. The van der Waals surface area contributed by atoms with Gasteiger partial charge < -0.3 is 26.4 Å². The summed E-state index contributed by atoms with van der Waals surface area (Å²) in [5.41, 5.74) is 8.55. The fourth-order valence-corrected chi connectivity index (χ4v) is 3.58. The molecule has 1 fully saturated rings. The molecule has 1 saturated heterocycles. The van der Waals surface area contributed by atoms with Crippen LogP contribution >= 0.6 is 0 Å². The van der Waals surface area contributed by atoms with Crippen molar-refractivity contribution in [2.24, 2.45) is 0 Å². The van der Waals surface area contributed by atoms with E-state index in [1.165, 1.54) is 6.20 Å². The summed E-state index contributed by atoms with van der Waals surface area (Å²) in [4.78, 5) is 33.9. The van der Waals surface area contributed by atoms with Gasteiger partial charge in [-0.2, -0.15) is 0 Å². The molecular weight excluding hydrogens is 420 g/mol. The van der Waals surface area contributed by atoms with Crippen LogP contribution in [-0.2, 0) is 6.54 Å². The van der Waals surface area contributed by atoms with E-state index in [0.29, 0.717) is 29.9 Å². The number of methoxy groups -OCH3 is 1. The molecule has 2 aromatic carbocycles.